The summed E-state index contributed by atoms with van der Waals surface area (Å²) in [6.45, 7) is 0.126. The zero-order chi connectivity index (χ0) is 22.7. The number of methoxy groups -OCH3 is 2. The molecule has 7 heteroatoms. The molecule has 1 heterocycles. The van der Waals surface area contributed by atoms with Crippen LogP contribution in [0.1, 0.15) is 11.1 Å². The van der Waals surface area contributed by atoms with Gasteiger partial charge in [0.1, 0.15) is 17.2 Å². The standard InChI is InChI=1S/C25H21ClN2O4/c1-31-19-13-11-18(12-14-19)27-23-22(20-5-3-4-6-21(20)32-2)24(29)28(25(23)30)15-16-7-9-17(26)10-8-16/h3-14,27H,15H2,1-2H3. The third-order valence-electron chi connectivity index (χ3n) is 5.16. The number of halogens is 1. The Labute approximate surface area is 191 Å². The number of ether oxygens (including phenoxy) is 2. The monoisotopic (exact) mass is 448 g/mol. The van der Waals surface area contributed by atoms with Crippen LogP contribution in [0.15, 0.2) is 78.5 Å². The Morgan fingerprint density at radius 1 is 0.844 bits per heavy atom. The number of hydrogen-bond acceptors (Lipinski definition) is 5. The average Bonchev–Trinajstić information content (AvgIpc) is 3.05. The van der Waals surface area contributed by atoms with Crippen molar-refractivity contribution < 1.29 is 19.1 Å². The number of hydrogen-bond donors (Lipinski definition) is 1. The average molecular weight is 449 g/mol. The normalized spacial score (nSPS) is 13.5. The molecule has 0 aromatic heterocycles. The summed E-state index contributed by atoms with van der Waals surface area (Å²) in [5.74, 6) is 0.380. The lowest BCUT2D eigenvalue weighted by Gasteiger charge is -2.16. The summed E-state index contributed by atoms with van der Waals surface area (Å²) in [5.41, 5.74) is 2.45. The lowest BCUT2D eigenvalue weighted by molar-refractivity contribution is -0.137. The molecule has 0 saturated carbocycles. The van der Waals surface area contributed by atoms with Crippen LogP contribution in [0.3, 0.4) is 0 Å². The fourth-order valence-corrected chi connectivity index (χ4v) is 3.65. The van der Waals surface area contributed by atoms with Gasteiger partial charge in [0, 0.05) is 16.3 Å². The van der Waals surface area contributed by atoms with Gasteiger partial charge in [0.25, 0.3) is 11.8 Å². The highest BCUT2D eigenvalue weighted by Gasteiger charge is 2.40. The van der Waals surface area contributed by atoms with E-state index in [4.69, 9.17) is 21.1 Å². The van der Waals surface area contributed by atoms with Gasteiger partial charge in [0.05, 0.1) is 26.3 Å². The van der Waals surface area contributed by atoms with Gasteiger partial charge in [-0.1, -0.05) is 41.9 Å². The molecule has 0 bridgehead atoms. The molecule has 0 saturated heterocycles. The Kier molecular flexibility index (Phi) is 6.14. The number of benzene rings is 3. The summed E-state index contributed by atoms with van der Waals surface area (Å²) in [7, 11) is 3.11. The Bertz CT molecular complexity index is 1190. The number of carbonyl (C=O) groups is 2. The van der Waals surface area contributed by atoms with Gasteiger partial charge in [0.2, 0.25) is 0 Å². The summed E-state index contributed by atoms with van der Waals surface area (Å²) in [6.07, 6.45) is 0. The molecule has 162 valence electrons. The van der Waals surface area contributed by atoms with Gasteiger partial charge < -0.3 is 14.8 Å². The summed E-state index contributed by atoms with van der Waals surface area (Å²) >= 11 is 5.97. The maximum atomic E-state index is 13.5. The van der Waals surface area contributed by atoms with E-state index in [1.54, 1.807) is 73.8 Å². The van der Waals surface area contributed by atoms with Gasteiger partial charge in [-0.25, -0.2) is 0 Å². The van der Waals surface area contributed by atoms with Crippen molar-refractivity contribution in [3.05, 3.63) is 94.6 Å². The maximum absolute atomic E-state index is 13.5. The minimum absolute atomic E-state index is 0.126. The summed E-state index contributed by atoms with van der Waals surface area (Å²) in [6, 6.07) is 21.3. The van der Waals surface area contributed by atoms with Gasteiger partial charge in [-0.15, -0.1) is 0 Å². The molecule has 6 nitrogen and oxygen atoms in total. The molecule has 0 radical (unpaired) electrons. The minimum atomic E-state index is -0.415. The number of nitrogens with one attached hydrogen (secondary N) is 1. The van der Waals surface area contributed by atoms with Crippen LogP contribution < -0.4 is 14.8 Å². The molecular weight excluding hydrogens is 428 g/mol. The molecule has 0 unspecified atom stereocenters. The highest BCUT2D eigenvalue weighted by Crippen LogP contribution is 2.36. The highest BCUT2D eigenvalue weighted by atomic mass is 35.5. The van der Waals surface area contributed by atoms with E-state index >= 15 is 0 Å². The number of para-hydroxylation sites is 1. The van der Waals surface area contributed by atoms with E-state index in [1.807, 2.05) is 6.07 Å². The van der Waals surface area contributed by atoms with Crippen LogP contribution in [0.2, 0.25) is 5.02 Å². The second-order valence-corrected chi connectivity index (χ2v) is 7.56. The zero-order valence-electron chi connectivity index (χ0n) is 17.6. The van der Waals surface area contributed by atoms with Crippen molar-refractivity contribution >= 4 is 34.7 Å². The number of imide groups is 1. The van der Waals surface area contributed by atoms with Crippen LogP contribution in [0.5, 0.6) is 11.5 Å². The lowest BCUT2D eigenvalue weighted by Crippen LogP contribution is -2.32. The number of anilines is 1. The molecule has 0 fully saturated rings. The lowest BCUT2D eigenvalue weighted by atomic mass is 10.0. The van der Waals surface area contributed by atoms with Crippen LogP contribution in [-0.2, 0) is 16.1 Å². The summed E-state index contributed by atoms with van der Waals surface area (Å²) < 4.78 is 10.7. The molecule has 1 aliphatic heterocycles. The van der Waals surface area contributed by atoms with E-state index in [-0.39, 0.29) is 17.8 Å². The molecule has 1 aliphatic rings. The number of nitrogens with zero attached hydrogens (tertiary/aromatic N) is 1. The van der Waals surface area contributed by atoms with E-state index in [0.717, 1.165) is 5.56 Å². The van der Waals surface area contributed by atoms with E-state index in [1.165, 1.54) is 12.0 Å². The van der Waals surface area contributed by atoms with Crippen molar-refractivity contribution in [3.63, 3.8) is 0 Å². The number of amides is 2. The quantitative estimate of drug-likeness (QED) is 0.528. The van der Waals surface area contributed by atoms with Crippen molar-refractivity contribution in [2.45, 2.75) is 6.54 Å². The Hall–Kier alpha value is -3.77. The predicted octanol–water partition coefficient (Wildman–Crippen LogP) is 4.75. The van der Waals surface area contributed by atoms with E-state index < -0.39 is 11.8 Å². The molecule has 32 heavy (non-hydrogen) atoms. The Balaban J connectivity index is 1.75. The van der Waals surface area contributed by atoms with Crippen LogP contribution in [0.25, 0.3) is 5.57 Å². The molecule has 0 atom stereocenters. The van der Waals surface area contributed by atoms with Gasteiger partial charge in [-0.2, -0.15) is 0 Å². The van der Waals surface area contributed by atoms with Crippen molar-refractivity contribution in [3.8, 4) is 11.5 Å². The van der Waals surface area contributed by atoms with Crippen molar-refractivity contribution in [1.82, 2.24) is 4.90 Å². The van der Waals surface area contributed by atoms with Gasteiger partial charge in [-0.3, -0.25) is 14.5 Å². The molecule has 2 amide bonds. The molecular formula is C25H21ClN2O4. The molecule has 0 aliphatic carbocycles. The van der Waals surface area contributed by atoms with Crippen molar-refractivity contribution in [2.75, 3.05) is 19.5 Å². The third-order valence-corrected chi connectivity index (χ3v) is 5.41. The first-order valence-electron chi connectivity index (χ1n) is 9.91. The Morgan fingerprint density at radius 2 is 1.53 bits per heavy atom. The third kappa shape index (κ3) is 4.18. The van der Waals surface area contributed by atoms with E-state index in [9.17, 15) is 9.59 Å². The fourth-order valence-electron chi connectivity index (χ4n) is 3.53. The van der Waals surface area contributed by atoms with Crippen LogP contribution >= 0.6 is 11.6 Å². The number of rotatable bonds is 7. The smallest absolute Gasteiger partial charge is 0.278 e. The van der Waals surface area contributed by atoms with E-state index in [2.05, 4.69) is 5.32 Å². The Morgan fingerprint density at radius 3 is 2.19 bits per heavy atom. The topological polar surface area (TPSA) is 67.9 Å². The molecule has 1 N–H and O–H groups in total. The molecule has 3 aromatic rings. The van der Waals surface area contributed by atoms with Gasteiger partial charge in [-0.05, 0) is 48.0 Å². The van der Waals surface area contributed by atoms with Crippen molar-refractivity contribution in [2.24, 2.45) is 0 Å². The zero-order valence-corrected chi connectivity index (χ0v) is 18.3. The first kappa shape index (κ1) is 21.5. The second kappa shape index (κ2) is 9.16. The first-order chi connectivity index (χ1) is 15.5. The molecule has 3 aromatic carbocycles. The predicted molar refractivity (Wildman–Crippen MR) is 124 cm³/mol. The SMILES string of the molecule is COc1ccc(NC2=C(c3ccccc3OC)C(=O)N(Cc3ccc(Cl)cc3)C2=O)cc1. The molecule has 4 rings (SSSR count). The number of carbonyl (C=O) groups excluding carboxylic acids is 2. The highest BCUT2D eigenvalue weighted by molar-refractivity contribution is 6.37. The fraction of sp³-hybridized carbons (Fsp3) is 0.120. The first-order valence-corrected chi connectivity index (χ1v) is 10.3. The van der Waals surface area contributed by atoms with Gasteiger partial charge in [0.15, 0.2) is 0 Å². The summed E-state index contributed by atoms with van der Waals surface area (Å²) in [4.78, 5) is 28.1. The largest absolute Gasteiger partial charge is 0.497 e. The van der Waals surface area contributed by atoms with E-state index in [0.29, 0.717) is 27.8 Å². The van der Waals surface area contributed by atoms with Gasteiger partial charge >= 0.3 is 0 Å². The van der Waals surface area contributed by atoms with Crippen LogP contribution in [0.4, 0.5) is 5.69 Å². The van der Waals surface area contributed by atoms with Crippen LogP contribution in [-0.4, -0.2) is 30.9 Å². The minimum Gasteiger partial charge on any atom is -0.497 e. The second-order valence-electron chi connectivity index (χ2n) is 7.13. The summed E-state index contributed by atoms with van der Waals surface area (Å²) in [5, 5.41) is 3.72. The van der Waals surface area contributed by atoms with Crippen LogP contribution in [0, 0.1) is 0 Å². The maximum Gasteiger partial charge on any atom is 0.278 e. The van der Waals surface area contributed by atoms with Crippen molar-refractivity contribution in [1.29, 1.82) is 0 Å². The molecule has 0 spiro atoms.